The summed E-state index contributed by atoms with van der Waals surface area (Å²) >= 11 is 0. The molecule has 1 N–H and O–H groups in total. The van der Waals surface area contributed by atoms with Gasteiger partial charge in [-0.2, -0.15) is 5.10 Å². The standard InChI is InChI=1S/C12H18N2O/c1-8(2)10-9-5-4-6-12(3,7-15)11(9)14-13-10/h7-8H,4-6H2,1-3H3,(H,13,14). The van der Waals surface area contributed by atoms with Gasteiger partial charge in [0.2, 0.25) is 0 Å². The van der Waals surface area contributed by atoms with Gasteiger partial charge in [-0.1, -0.05) is 13.8 Å². The summed E-state index contributed by atoms with van der Waals surface area (Å²) in [4.78, 5) is 11.2. The van der Waals surface area contributed by atoms with E-state index < -0.39 is 0 Å². The maximum absolute atomic E-state index is 11.2. The van der Waals surface area contributed by atoms with Gasteiger partial charge in [0.1, 0.15) is 6.29 Å². The van der Waals surface area contributed by atoms with Crippen molar-refractivity contribution in [2.45, 2.75) is 51.4 Å². The average molecular weight is 206 g/mol. The summed E-state index contributed by atoms with van der Waals surface area (Å²) in [6.07, 6.45) is 4.12. The lowest BCUT2D eigenvalue weighted by Crippen LogP contribution is -2.29. The zero-order chi connectivity index (χ0) is 11.1. The molecular formula is C12H18N2O. The van der Waals surface area contributed by atoms with Gasteiger partial charge in [-0.25, -0.2) is 0 Å². The van der Waals surface area contributed by atoms with Gasteiger partial charge in [0.25, 0.3) is 0 Å². The molecule has 1 atom stereocenters. The molecule has 0 amide bonds. The summed E-state index contributed by atoms with van der Waals surface area (Å²) in [6.45, 7) is 6.30. The number of hydrogen-bond donors (Lipinski definition) is 1. The number of nitrogens with zero attached hydrogens (tertiary/aromatic N) is 1. The second kappa shape index (κ2) is 3.47. The van der Waals surface area contributed by atoms with Crippen molar-refractivity contribution in [3.05, 3.63) is 17.0 Å². The topological polar surface area (TPSA) is 45.8 Å². The summed E-state index contributed by atoms with van der Waals surface area (Å²) < 4.78 is 0. The predicted octanol–water partition coefficient (Wildman–Crippen LogP) is 2.33. The first-order valence-electron chi connectivity index (χ1n) is 5.62. The molecule has 0 saturated heterocycles. The fourth-order valence-corrected chi connectivity index (χ4v) is 2.45. The summed E-state index contributed by atoms with van der Waals surface area (Å²) in [5.74, 6) is 0.454. The van der Waals surface area contributed by atoms with Crippen LogP contribution in [0.5, 0.6) is 0 Å². The molecule has 1 aromatic heterocycles. The van der Waals surface area contributed by atoms with Crippen molar-refractivity contribution < 1.29 is 4.79 Å². The molecule has 0 radical (unpaired) electrons. The molecule has 3 nitrogen and oxygen atoms in total. The largest absolute Gasteiger partial charge is 0.302 e. The fourth-order valence-electron chi connectivity index (χ4n) is 2.45. The number of fused-ring (bicyclic) bond motifs is 1. The average Bonchev–Trinajstić information content (AvgIpc) is 2.63. The second-order valence-corrected chi connectivity index (χ2v) is 5.01. The lowest BCUT2D eigenvalue weighted by molar-refractivity contribution is -0.112. The highest BCUT2D eigenvalue weighted by molar-refractivity contribution is 5.68. The van der Waals surface area contributed by atoms with Gasteiger partial charge in [0.05, 0.1) is 11.1 Å². The smallest absolute Gasteiger partial charge is 0.131 e. The van der Waals surface area contributed by atoms with Gasteiger partial charge in [-0.15, -0.1) is 0 Å². The molecule has 1 aliphatic carbocycles. The number of hydrogen-bond acceptors (Lipinski definition) is 2. The molecule has 0 aliphatic heterocycles. The van der Waals surface area contributed by atoms with E-state index in [0.717, 1.165) is 31.2 Å². The summed E-state index contributed by atoms with van der Waals surface area (Å²) in [5.41, 5.74) is 3.10. The van der Waals surface area contributed by atoms with Gasteiger partial charge < -0.3 is 4.79 Å². The molecule has 0 fully saturated rings. The van der Waals surface area contributed by atoms with Gasteiger partial charge in [-0.3, -0.25) is 5.10 Å². The minimum Gasteiger partial charge on any atom is -0.302 e. The number of carbonyl (C=O) groups is 1. The Morgan fingerprint density at radius 3 is 2.87 bits per heavy atom. The maximum atomic E-state index is 11.2. The number of aromatic nitrogens is 2. The molecule has 0 spiro atoms. The Kier molecular flexibility index (Phi) is 2.41. The number of aromatic amines is 1. The van der Waals surface area contributed by atoms with E-state index in [0.29, 0.717) is 5.92 Å². The Labute approximate surface area is 90.3 Å². The summed E-state index contributed by atoms with van der Waals surface area (Å²) in [7, 11) is 0. The highest BCUT2D eigenvalue weighted by atomic mass is 16.1. The van der Waals surface area contributed by atoms with Crippen LogP contribution in [0.4, 0.5) is 0 Å². The van der Waals surface area contributed by atoms with Crippen LogP contribution < -0.4 is 0 Å². The van der Waals surface area contributed by atoms with Gasteiger partial charge in [0.15, 0.2) is 0 Å². The fraction of sp³-hybridized carbons (Fsp3) is 0.667. The molecular weight excluding hydrogens is 188 g/mol. The van der Waals surface area contributed by atoms with Crippen LogP contribution in [-0.2, 0) is 16.6 Å². The van der Waals surface area contributed by atoms with Crippen LogP contribution in [-0.4, -0.2) is 16.5 Å². The van der Waals surface area contributed by atoms with E-state index >= 15 is 0 Å². The number of nitrogens with one attached hydrogen (secondary N) is 1. The van der Waals surface area contributed by atoms with E-state index in [2.05, 4.69) is 24.0 Å². The molecule has 1 unspecified atom stereocenters. The Bertz CT molecular complexity index is 381. The number of H-pyrrole nitrogens is 1. The van der Waals surface area contributed by atoms with Crippen LogP contribution in [0.3, 0.4) is 0 Å². The highest BCUT2D eigenvalue weighted by Gasteiger charge is 2.36. The molecule has 2 rings (SSSR count). The maximum Gasteiger partial charge on any atom is 0.131 e. The Balaban J connectivity index is 2.51. The molecule has 1 aliphatic rings. The quantitative estimate of drug-likeness (QED) is 0.755. The summed E-state index contributed by atoms with van der Waals surface area (Å²) in [6, 6.07) is 0. The summed E-state index contributed by atoms with van der Waals surface area (Å²) in [5, 5.41) is 7.44. The third-order valence-electron chi connectivity index (χ3n) is 3.40. The molecule has 82 valence electrons. The minimum absolute atomic E-state index is 0.364. The highest BCUT2D eigenvalue weighted by Crippen LogP contribution is 2.37. The first-order valence-corrected chi connectivity index (χ1v) is 5.62. The van der Waals surface area contributed by atoms with Crippen LogP contribution in [0.1, 0.15) is 56.5 Å². The lowest BCUT2D eigenvalue weighted by atomic mass is 9.75. The van der Waals surface area contributed by atoms with Crippen molar-refractivity contribution in [3.8, 4) is 0 Å². The SMILES string of the molecule is CC(C)c1[nH]nc2c1CCCC2(C)C=O. The first kappa shape index (κ1) is 10.4. The molecule has 1 heterocycles. The number of carbonyl (C=O) groups excluding carboxylic acids is 1. The predicted molar refractivity (Wildman–Crippen MR) is 59.0 cm³/mol. The van der Waals surface area contributed by atoms with E-state index in [-0.39, 0.29) is 5.41 Å². The lowest BCUT2D eigenvalue weighted by Gasteiger charge is -2.27. The monoisotopic (exact) mass is 206 g/mol. The molecule has 0 aromatic carbocycles. The van der Waals surface area contributed by atoms with Crippen LogP contribution in [0, 0.1) is 0 Å². The van der Waals surface area contributed by atoms with Crippen molar-refractivity contribution in [2.24, 2.45) is 0 Å². The third kappa shape index (κ3) is 1.50. The van der Waals surface area contributed by atoms with E-state index in [1.165, 1.54) is 11.3 Å². The normalized spacial score (nSPS) is 25.3. The molecule has 15 heavy (non-hydrogen) atoms. The van der Waals surface area contributed by atoms with Crippen LogP contribution in [0.25, 0.3) is 0 Å². The van der Waals surface area contributed by atoms with Crippen molar-refractivity contribution in [3.63, 3.8) is 0 Å². The van der Waals surface area contributed by atoms with Gasteiger partial charge in [-0.05, 0) is 37.7 Å². The molecule has 0 saturated carbocycles. The Morgan fingerprint density at radius 2 is 2.27 bits per heavy atom. The minimum atomic E-state index is -0.364. The van der Waals surface area contributed by atoms with E-state index in [9.17, 15) is 4.79 Å². The number of aldehydes is 1. The van der Waals surface area contributed by atoms with Crippen LogP contribution in [0.15, 0.2) is 0 Å². The van der Waals surface area contributed by atoms with Crippen molar-refractivity contribution in [2.75, 3.05) is 0 Å². The zero-order valence-electron chi connectivity index (χ0n) is 9.63. The van der Waals surface area contributed by atoms with E-state index in [1.807, 2.05) is 6.92 Å². The Morgan fingerprint density at radius 1 is 1.53 bits per heavy atom. The molecule has 1 aromatic rings. The van der Waals surface area contributed by atoms with Crippen molar-refractivity contribution >= 4 is 6.29 Å². The zero-order valence-corrected chi connectivity index (χ0v) is 9.63. The second-order valence-electron chi connectivity index (χ2n) is 5.01. The van der Waals surface area contributed by atoms with E-state index in [4.69, 9.17) is 0 Å². The third-order valence-corrected chi connectivity index (χ3v) is 3.40. The van der Waals surface area contributed by atoms with E-state index in [1.54, 1.807) is 0 Å². The van der Waals surface area contributed by atoms with Crippen molar-refractivity contribution in [1.29, 1.82) is 0 Å². The molecule has 3 heteroatoms. The number of rotatable bonds is 2. The van der Waals surface area contributed by atoms with Crippen molar-refractivity contribution in [1.82, 2.24) is 10.2 Å². The van der Waals surface area contributed by atoms with Crippen LogP contribution in [0.2, 0.25) is 0 Å². The van der Waals surface area contributed by atoms with Gasteiger partial charge in [0, 0.05) is 5.69 Å². The van der Waals surface area contributed by atoms with Crippen LogP contribution >= 0.6 is 0 Å². The molecule has 0 bridgehead atoms. The van der Waals surface area contributed by atoms with Gasteiger partial charge >= 0.3 is 0 Å². The first-order chi connectivity index (χ1) is 7.08. The Hall–Kier alpha value is -1.12.